The summed E-state index contributed by atoms with van der Waals surface area (Å²) in [6.45, 7) is 4.49. The minimum Gasteiger partial charge on any atom is -0.496 e. The number of hydrogen-bond acceptors (Lipinski definition) is 5. The Morgan fingerprint density at radius 1 is 1.11 bits per heavy atom. The molecule has 0 radical (unpaired) electrons. The van der Waals surface area contributed by atoms with Gasteiger partial charge >= 0.3 is 0 Å². The van der Waals surface area contributed by atoms with Gasteiger partial charge in [0.05, 0.1) is 19.3 Å². The highest BCUT2D eigenvalue weighted by Crippen LogP contribution is 2.40. The third-order valence-electron chi connectivity index (χ3n) is 7.04. The van der Waals surface area contributed by atoms with E-state index in [1.54, 1.807) is 26.4 Å². The zero-order valence-corrected chi connectivity index (χ0v) is 21.5. The first kappa shape index (κ1) is 27.0. The van der Waals surface area contributed by atoms with Crippen LogP contribution in [0.15, 0.2) is 59.6 Å². The van der Waals surface area contributed by atoms with E-state index >= 15 is 0 Å². The highest BCUT2D eigenvalue weighted by molar-refractivity contribution is 5.97. The molecule has 0 unspecified atom stereocenters. The predicted octanol–water partition coefficient (Wildman–Crippen LogP) is 3.70. The molecule has 1 amide bonds. The number of nitrogens with zero attached hydrogens (tertiary/aromatic N) is 3. The lowest BCUT2D eigenvalue weighted by atomic mass is 9.67. The van der Waals surface area contributed by atoms with Crippen molar-refractivity contribution >= 4 is 11.9 Å². The van der Waals surface area contributed by atoms with Gasteiger partial charge in [0.15, 0.2) is 0 Å². The number of ether oxygens (including phenoxy) is 2. The molecule has 2 N–H and O–H groups in total. The number of carbonyl (C=O) groups is 1. The van der Waals surface area contributed by atoms with Gasteiger partial charge in [0.25, 0.3) is 5.91 Å². The van der Waals surface area contributed by atoms with E-state index in [1.165, 1.54) is 5.56 Å². The molecule has 1 saturated carbocycles. The molecular weight excluding hydrogens is 454 g/mol. The van der Waals surface area contributed by atoms with Crippen molar-refractivity contribution in [1.29, 1.82) is 5.26 Å². The summed E-state index contributed by atoms with van der Waals surface area (Å²) in [6.07, 6.45) is 5.58. The molecule has 0 aliphatic heterocycles. The van der Waals surface area contributed by atoms with Crippen LogP contribution in [-0.4, -0.2) is 63.3 Å². The van der Waals surface area contributed by atoms with E-state index in [0.29, 0.717) is 37.0 Å². The molecule has 0 saturated heterocycles. The Morgan fingerprint density at radius 2 is 1.81 bits per heavy atom. The topological polar surface area (TPSA) is 99.0 Å². The minimum atomic E-state index is -0.176. The van der Waals surface area contributed by atoms with Gasteiger partial charge in [-0.25, -0.2) is 0 Å². The summed E-state index contributed by atoms with van der Waals surface area (Å²) in [5.74, 6) is 1.03. The molecule has 1 aliphatic carbocycles. The van der Waals surface area contributed by atoms with Gasteiger partial charge in [0.1, 0.15) is 5.75 Å². The Hall–Kier alpha value is -3.57. The van der Waals surface area contributed by atoms with Gasteiger partial charge in [0.2, 0.25) is 12.2 Å². The van der Waals surface area contributed by atoms with Crippen LogP contribution in [-0.2, 0) is 10.2 Å². The quantitative estimate of drug-likeness (QED) is 0.228. The van der Waals surface area contributed by atoms with Crippen LogP contribution in [0.25, 0.3) is 0 Å². The van der Waals surface area contributed by atoms with Crippen LogP contribution in [0, 0.1) is 11.5 Å². The average Bonchev–Trinajstić information content (AvgIpc) is 2.93. The molecule has 1 aliphatic rings. The largest absolute Gasteiger partial charge is 0.496 e. The van der Waals surface area contributed by atoms with E-state index in [0.717, 1.165) is 32.2 Å². The number of rotatable bonds is 10. The van der Waals surface area contributed by atoms with Gasteiger partial charge in [-0.05, 0) is 50.3 Å². The zero-order valence-electron chi connectivity index (χ0n) is 21.5. The summed E-state index contributed by atoms with van der Waals surface area (Å²) in [5.41, 5.74) is 1.59. The second-order valence-electron chi connectivity index (χ2n) is 9.00. The van der Waals surface area contributed by atoms with Crippen LogP contribution in [0.1, 0.15) is 48.5 Å². The molecule has 1 fully saturated rings. The first-order valence-electron chi connectivity index (χ1n) is 12.5. The predicted molar refractivity (Wildman–Crippen MR) is 141 cm³/mol. The molecule has 36 heavy (non-hydrogen) atoms. The van der Waals surface area contributed by atoms with Gasteiger partial charge in [-0.3, -0.25) is 4.79 Å². The third kappa shape index (κ3) is 6.55. The Morgan fingerprint density at radius 3 is 2.44 bits per heavy atom. The summed E-state index contributed by atoms with van der Waals surface area (Å²) >= 11 is 0. The maximum atomic E-state index is 13.1. The molecule has 0 bridgehead atoms. The minimum absolute atomic E-state index is 0.133. The molecule has 0 aromatic heterocycles. The third-order valence-corrected chi connectivity index (χ3v) is 7.04. The number of nitriles is 1. The molecule has 192 valence electrons. The summed E-state index contributed by atoms with van der Waals surface area (Å²) in [4.78, 5) is 19.3. The number of carbonyl (C=O) groups excluding carboxylic acids is 1. The smallest absolute Gasteiger partial charge is 0.255 e. The van der Waals surface area contributed by atoms with Gasteiger partial charge < -0.3 is 25.0 Å². The molecule has 3 rings (SSSR count). The van der Waals surface area contributed by atoms with Crippen molar-refractivity contribution in [2.75, 3.05) is 40.5 Å². The van der Waals surface area contributed by atoms with E-state index in [1.807, 2.05) is 24.4 Å². The first-order chi connectivity index (χ1) is 17.6. The van der Waals surface area contributed by atoms with Crippen molar-refractivity contribution in [2.45, 2.75) is 44.1 Å². The number of hydrogen-bond donors (Lipinski definition) is 2. The van der Waals surface area contributed by atoms with Crippen molar-refractivity contribution < 1.29 is 14.3 Å². The van der Waals surface area contributed by atoms with Crippen LogP contribution >= 0.6 is 0 Å². The molecule has 8 nitrogen and oxygen atoms in total. The van der Waals surface area contributed by atoms with Crippen molar-refractivity contribution in [3.05, 3.63) is 65.7 Å². The standard InChI is InChI=1S/C28H37N5O3/c1-4-33(27(32-21-29)30-18-19-35-2)23-14-16-28(17-15-23,22-10-6-5-7-11-22)20-31-26(34)24-12-8-9-13-25(24)36-3/h5-13,23H,4,14-20H2,1-3H3,(H,30,32)(H,31,34). The fourth-order valence-corrected chi connectivity index (χ4v) is 5.10. The Labute approximate surface area is 214 Å². The fraction of sp³-hybridized carbons (Fsp3) is 0.464. The van der Waals surface area contributed by atoms with Crippen LogP contribution in [0.5, 0.6) is 5.75 Å². The summed E-state index contributed by atoms with van der Waals surface area (Å²) in [6, 6.07) is 18.0. The van der Waals surface area contributed by atoms with E-state index < -0.39 is 0 Å². The van der Waals surface area contributed by atoms with Gasteiger partial charge in [0, 0.05) is 38.2 Å². The molecule has 0 spiro atoms. The monoisotopic (exact) mass is 491 g/mol. The van der Waals surface area contributed by atoms with E-state index in [4.69, 9.17) is 9.47 Å². The lowest BCUT2D eigenvalue weighted by molar-refractivity contribution is 0.0926. The van der Waals surface area contributed by atoms with Gasteiger partial charge in [-0.1, -0.05) is 42.5 Å². The van der Waals surface area contributed by atoms with Crippen LogP contribution in [0.3, 0.4) is 0 Å². The highest BCUT2D eigenvalue weighted by atomic mass is 16.5. The number of aliphatic imine (C=N–C) groups is 1. The van der Waals surface area contributed by atoms with Gasteiger partial charge in [-0.2, -0.15) is 5.26 Å². The molecule has 0 heterocycles. The Bertz CT molecular complexity index is 1040. The number of benzene rings is 2. The second-order valence-corrected chi connectivity index (χ2v) is 9.00. The number of para-hydroxylation sites is 1. The average molecular weight is 492 g/mol. The van der Waals surface area contributed by atoms with Crippen LogP contribution < -0.4 is 15.4 Å². The zero-order chi connectivity index (χ0) is 25.8. The summed E-state index contributed by atoms with van der Waals surface area (Å²) in [5, 5.41) is 15.7. The molecule has 0 atom stereocenters. The van der Waals surface area contributed by atoms with Crippen LogP contribution in [0.4, 0.5) is 0 Å². The van der Waals surface area contributed by atoms with Gasteiger partial charge in [-0.15, -0.1) is 4.99 Å². The second kappa shape index (κ2) is 13.5. The maximum Gasteiger partial charge on any atom is 0.255 e. The lowest BCUT2D eigenvalue weighted by Gasteiger charge is -2.44. The highest BCUT2D eigenvalue weighted by Gasteiger charge is 2.39. The van der Waals surface area contributed by atoms with Crippen molar-refractivity contribution in [3.63, 3.8) is 0 Å². The molecular formula is C28H37N5O3. The normalized spacial score (nSPS) is 19.7. The van der Waals surface area contributed by atoms with Crippen molar-refractivity contribution in [3.8, 4) is 11.9 Å². The van der Waals surface area contributed by atoms with E-state index in [9.17, 15) is 10.1 Å². The maximum absolute atomic E-state index is 13.1. The SMILES string of the molecule is CCN(/C(=N\C#N)NCCOC)C1CCC(CNC(=O)c2ccccc2OC)(c2ccccc2)CC1. The first-order valence-corrected chi connectivity index (χ1v) is 12.5. The lowest BCUT2D eigenvalue weighted by Crippen LogP contribution is -2.52. The van der Waals surface area contributed by atoms with Crippen molar-refractivity contribution in [1.82, 2.24) is 15.5 Å². The number of amides is 1. The molecule has 8 heteroatoms. The molecule has 2 aromatic rings. The number of methoxy groups -OCH3 is 2. The van der Waals surface area contributed by atoms with Crippen LogP contribution in [0.2, 0.25) is 0 Å². The number of nitrogens with one attached hydrogen (secondary N) is 2. The Kier molecular flexibility index (Phi) is 10.1. The summed E-state index contributed by atoms with van der Waals surface area (Å²) < 4.78 is 10.5. The van der Waals surface area contributed by atoms with E-state index in [-0.39, 0.29) is 17.4 Å². The Balaban J connectivity index is 1.76. The summed E-state index contributed by atoms with van der Waals surface area (Å²) in [7, 11) is 3.23. The van der Waals surface area contributed by atoms with Crippen molar-refractivity contribution in [2.24, 2.45) is 4.99 Å². The molecule has 2 aromatic carbocycles. The number of guanidine groups is 1. The fourth-order valence-electron chi connectivity index (χ4n) is 5.10. The van der Waals surface area contributed by atoms with E-state index in [2.05, 4.69) is 51.7 Å².